The second-order valence-electron chi connectivity index (χ2n) is 8.65. The number of phenolic OH excluding ortho intramolecular Hbond substituents is 1. The fraction of sp³-hybridized carbons (Fsp3) is 0.565. The van der Waals surface area contributed by atoms with Crippen LogP contribution in [0.15, 0.2) is 24.3 Å². The maximum absolute atomic E-state index is 13.2. The standard InChI is InChI=1S/C23H36N4O6/c1-5-14(4)20(23(33)25-12-19(29)30)27-22(32)18(11-15-6-8-16(28)9-7-15)26-21(31)17(24)10-13(2)3/h6-9,13-14,17-18,20,28H,5,10-12,24H2,1-4H3,(H,25,33)(H,26,31)(H,27,32)(H,29,30). The number of rotatable bonds is 13. The van der Waals surface area contributed by atoms with E-state index in [1.54, 1.807) is 19.1 Å². The van der Waals surface area contributed by atoms with Crippen molar-refractivity contribution in [1.29, 1.82) is 0 Å². The number of benzene rings is 1. The lowest BCUT2D eigenvalue weighted by Gasteiger charge is -2.27. The Bertz CT molecular complexity index is 812. The molecule has 0 aromatic heterocycles. The van der Waals surface area contributed by atoms with Gasteiger partial charge in [0.1, 0.15) is 24.4 Å². The molecule has 1 rings (SSSR count). The number of carboxylic acid groups (broad SMARTS) is 1. The minimum absolute atomic E-state index is 0.0645. The van der Waals surface area contributed by atoms with Crippen LogP contribution >= 0.6 is 0 Å². The number of phenols is 1. The molecule has 1 aromatic carbocycles. The van der Waals surface area contributed by atoms with Crippen LogP contribution in [-0.4, -0.2) is 58.6 Å². The molecule has 0 aliphatic carbocycles. The van der Waals surface area contributed by atoms with E-state index in [1.165, 1.54) is 12.1 Å². The Morgan fingerprint density at radius 1 is 0.970 bits per heavy atom. The minimum atomic E-state index is -1.20. The monoisotopic (exact) mass is 464 g/mol. The van der Waals surface area contributed by atoms with Gasteiger partial charge >= 0.3 is 5.97 Å². The minimum Gasteiger partial charge on any atom is -0.508 e. The van der Waals surface area contributed by atoms with E-state index in [2.05, 4.69) is 16.0 Å². The first-order valence-corrected chi connectivity index (χ1v) is 11.1. The second-order valence-corrected chi connectivity index (χ2v) is 8.65. The molecule has 0 saturated carbocycles. The van der Waals surface area contributed by atoms with Crippen molar-refractivity contribution >= 4 is 23.7 Å². The molecule has 33 heavy (non-hydrogen) atoms. The first-order chi connectivity index (χ1) is 15.4. The largest absolute Gasteiger partial charge is 0.508 e. The number of nitrogens with one attached hydrogen (secondary N) is 3. The normalized spacial score (nSPS) is 14.6. The van der Waals surface area contributed by atoms with Crippen LogP contribution in [0, 0.1) is 11.8 Å². The average molecular weight is 465 g/mol. The van der Waals surface area contributed by atoms with E-state index in [9.17, 15) is 24.3 Å². The van der Waals surface area contributed by atoms with E-state index in [0.29, 0.717) is 18.4 Å². The third-order valence-corrected chi connectivity index (χ3v) is 5.28. The van der Waals surface area contributed by atoms with Gasteiger partial charge in [0.25, 0.3) is 0 Å². The van der Waals surface area contributed by atoms with E-state index >= 15 is 0 Å². The first-order valence-electron chi connectivity index (χ1n) is 11.1. The Hall–Kier alpha value is -3.14. The SMILES string of the molecule is CCC(C)C(NC(=O)C(Cc1ccc(O)cc1)NC(=O)C(N)CC(C)C)C(=O)NCC(=O)O. The van der Waals surface area contributed by atoms with Gasteiger partial charge < -0.3 is 31.9 Å². The zero-order valence-corrected chi connectivity index (χ0v) is 19.6. The molecule has 3 amide bonds. The number of hydrogen-bond acceptors (Lipinski definition) is 6. The van der Waals surface area contributed by atoms with Gasteiger partial charge in [-0.15, -0.1) is 0 Å². The molecule has 0 saturated heterocycles. The molecule has 0 aliphatic heterocycles. The van der Waals surface area contributed by atoms with Gasteiger partial charge in [0.15, 0.2) is 0 Å². The molecule has 0 heterocycles. The number of hydrogen-bond donors (Lipinski definition) is 6. The molecular weight excluding hydrogens is 428 g/mol. The summed E-state index contributed by atoms with van der Waals surface area (Å²) in [5, 5.41) is 26.0. The van der Waals surface area contributed by atoms with E-state index in [-0.39, 0.29) is 24.0 Å². The molecule has 0 bridgehead atoms. The summed E-state index contributed by atoms with van der Waals surface area (Å²) in [5.74, 6) is -2.93. The molecule has 10 heteroatoms. The molecule has 10 nitrogen and oxygen atoms in total. The highest BCUT2D eigenvalue weighted by molar-refractivity contribution is 5.94. The highest BCUT2D eigenvalue weighted by Crippen LogP contribution is 2.13. The Morgan fingerprint density at radius 3 is 2.09 bits per heavy atom. The molecule has 0 spiro atoms. The number of aliphatic carboxylic acids is 1. The number of carboxylic acids is 1. The van der Waals surface area contributed by atoms with E-state index in [4.69, 9.17) is 10.8 Å². The van der Waals surface area contributed by atoms with Crippen molar-refractivity contribution in [3.05, 3.63) is 29.8 Å². The topological polar surface area (TPSA) is 171 Å². The Morgan fingerprint density at radius 2 is 1.58 bits per heavy atom. The van der Waals surface area contributed by atoms with Crippen LogP contribution in [0.1, 0.15) is 46.1 Å². The quantitative estimate of drug-likeness (QED) is 0.247. The van der Waals surface area contributed by atoms with Gasteiger partial charge in [-0.05, 0) is 36.0 Å². The summed E-state index contributed by atoms with van der Waals surface area (Å²) in [6.07, 6.45) is 1.10. The highest BCUT2D eigenvalue weighted by atomic mass is 16.4. The van der Waals surface area contributed by atoms with Crippen molar-refractivity contribution < 1.29 is 29.4 Å². The highest BCUT2D eigenvalue weighted by Gasteiger charge is 2.31. The maximum Gasteiger partial charge on any atom is 0.322 e. The van der Waals surface area contributed by atoms with E-state index < -0.39 is 48.4 Å². The summed E-state index contributed by atoms with van der Waals surface area (Å²) in [4.78, 5) is 49.1. The number of carbonyl (C=O) groups is 4. The van der Waals surface area contributed by atoms with Crippen molar-refractivity contribution in [1.82, 2.24) is 16.0 Å². The summed E-state index contributed by atoms with van der Waals surface area (Å²) in [6, 6.07) is 3.38. The van der Waals surface area contributed by atoms with E-state index in [1.807, 2.05) is 20.8 Å². The third-order valence-electron chi connectivity index (χ3n) is 5.28. The smallest absolute Gasteiger partial charge is 0.322 e. The fourth-order valence-electron chi connectivity index (χ4n) is 3.20. The zero-order chi connectivity index (χ0) is 25.1. The maximum atomic E-state index is 13.2. The average Bonchev–Trinajstić information content (AvgIpc) is 2.75. The van der Waals surface area contributed by atoms with Crippen LogP contribution in [0.5, 0.6) is 5.75 Å². The van der Waals surface area contributed by atoms with Crippen LogP contribution in [0.2, 0.25) is 0 Å². The lowest BCUT2D eigenvalue weighted by atomic mass is 9.97. The number of carbonyl (C=O) groups excluding carboxylic acids is 3. The zero-order valence-electron chi connectivity index (χ0n) is 19.6. The predicted octanol–water partition coefficient (Wildman–Crippen LogP) is 0.525. The number of nitrogens with two attached hydrogens (primary N) is 1. The Kier molecular flexibility index (Phi) is 11.3. The van der Waals surface area contributed by atoms with Crippen LogP contribution < -0.4 is 21.7 Å². The Balaban J connectivity index is 3.07. The van der Waals surface area contributed by atoms with Gasteiger partial charge in [0.2, 0.25) is 17.7 Å². The number of aromatic hydroxyl groups is 1. The molecule has 184 valence electrons. The summed E-state index contributed by atoms with van der Waals surface area (Å²) < 4.78 is 0. The van der Waals surface area contributed by atoms with Crippen LogP contribution in [0.4, 0.5) is 0 Å². The lowest BCUT2D eigenvalue weighted by Crippen LogP contribution is -2.58. The summed E-state index contributed by atoms with van der Waals surface area (Å²) in [5.41, 5.74) is 6.65. The molecule has 4 unspecified atom stereocenters. The Labute approximate surface area is 194 Å². The summed E-state index contributed by atoms with van der Waals surface area (Å²) in [7, 11) is 0. The van der Waals surface area contributed by atoms with Gasteiger partial charge in [-0.2, -0.15) is 0 Å². The molecule has 1 aromatic rings. The molecule has 0 radical (unpaired) electrons. The van der Waals surface area contributed by atoms with Crippen molar-refractivity contribution in [2.45, 2.75) is 65.1 Å². The van der Waals surface area contributed by atoms with Gasteiger partial charge in [-0.25, -0.2) is 0 Å². The van der Waals surface area contributed by atoms with Gasteiger partial charge in [-0.1, -0.05) is 46.2 Å². The second kappa shape index (κ2) is 13.4. The molecule has 0 fully saturated rings. The number of amides is 3. The van der Waals surface area contributed by atoms with Crippen molar-refractivity contribution in [2.24, 2.45) is 17.6 Å². The molecular formula is C23H36N4O6. The van der Waals surface area contributed by atoms with Crippen LogP contribution in [-0.2, 0) is 25.6 Å². The van der Waals surface area contributed by atoms with Crippen molar-refractivity contribution in [3.63, 3.8) is 0 Å². The predicted molar refractivity (Wildman–Crippen MR) is 123 cm³/mol. The molecule has 7 N–H and O–H groups in total. The summed E-state index contributed by atoms with van der Waals surface area (Å²) in [6.45, 7) is 6.90. The third kappa shape index (κ3) is 9.90. The van der Waals surface area contributed by atoms with Gasteiger partial charge in [-0.3, -0.25) is 19.2 Å². The first kappa shape index (κ1) is 27.9. The lowest BCUT2D eigenvalue weighted by molar-refractivity contribution is -0.139. The van der Waals surface area contributed by atoms with Crippen molar-refractivity contribution in [2.75, 3.05) is 6.54 Å². The fourth-order valence-corrected chi connectivity index (χ4v) is 3.20. The molecule has 0 aliphatic rings. The van der Waals surface area contributed by atoms with Crippen molar-refractivity contribution in [3.8, 4) is 5.75 Å². The summed E-state index contributed by atoms with van der Waals surface area (Å²) >= 11 is 0. The van der Waals surface area contributed by atoms with Crippen LogP contribution in [0.3, 0.4) is 0 Å². The molecule has 4 atom stereocenters. The van der Waals surface area contributed by atoms with Gasteiger partial charge in [0, 0.05) is 6.42 Å². The van der Waals surface area contributed by atoms with E-state index in [0.717, 1.165) is 0 Å². The van der Waals surface area contributed by atoms with Gasteiger partial charge in [0.05, 0.1) is 6.04 Å². The van der Waals surface area contributed by atoms with Crippen LogP contribution in [0.25, 0.3) is 0 Å².